The minimum absolute atomic E-state index is 0.680. The van der Waals surface area contributed by atoms with Crippen LogP contribution in [0.1, 0.15) is 30.7 Å². The van der Waals surface area contributed by atoms with E-state index >= 15 is 0 Å². The largest absolute Gasteiger partial charge is 0.468 e. The smallest absolute Gasteiger partial charge is 0.113 e. The van der Waals surface area contributed by atoms with Gasteiger partial charge in [0.1, 0.15) is 5.76 Å². The molecule has 2 aromatic rings. The van der Waals surface area contributed by atoms with E-state index in [1.165, 1.54) is 16.0 Å². The van der Waals surface area contributed by atoms with Gasteiger partial charge in [0.15, 0.2) is 0 Å². The maximum Gasteiger partial charge on any atom is 0.113 e. The predicted molar refractivity (Wildman–Crippen MR) is 86.0 cm³/mol. The molecule has 0 unspecified atom stereocenters. The van der Waals surface area contributed by atoms with Crippen molar-refractivity contribution in [2.75, 3.05) is 6.54 Å². The molecule has 0 bridgehead atoms. The lowest BCUT2D eigenvalue weighted by atomic mass is 10.1. The third-order valence-corrected chi connectivity index (χ3v) is 4.17. The van der Waals surface area contributed by atoms with Crippen molar-refractivity contribution in [2.24, 2.45) is 5.92 Å². The number of hydrogen-bond donors (Lipinski definition) is 1. The van der Waals surface area contributed by atoms with E-state index in [9.17, 15) is 0 Å². The van der Waals surface area contributed by atoms with Gasteiger partial charge in [0.25, 0.3) is 0 Å². The Bertz CT molecular complexity index is 520. The molecule has 0 aliphatic heterocycles. The molecule has 0 amide bonds. The molecule has 0 aliphatic carbocycles. The summed E-state index contributed by atoms with van der Waals surface area (Å²) in [7, 11) is 0. The van der Waals surface area contributed by atoms with Crippen LogP contribution in [0.15, 0.2) is 45.9 Å². The molecule has 0 radical (unpaired) electrons. The minimum atomic E-state index is 0.680. The number of thioether (sulfide) groups is 1. The lowest BCUT2D eigenvalue weighted by molar-refractivity contribution is 0.530. The second kappa shape index (κ2) is 7.55. The summed E-state index contributed by atoms with van der Waals surface area (Å²) in [5, 5.41) is 3.53. The Balaban J connectivity index is 1.99. The van der Waals surface area contributed by atoms with Crippen LogP contribution in [0, 0.1) is 12.8 Å². The van der Waals surface area contributed by atoms with E-state index in [2.05, 4.69) is 44.3 Å². The van der Waals surface area contributed by atoms with Crippen LogP contribution in [0.2, 0.25) is 0 Å². The highest BCUT2D eigenvalue weighted by atomic mass is 32.2. The lowest BCUT2D eigenvalue weighted by Crippen LogP contribution is -2.19. The average Bonchev–Trinajstić information content (AvgIpc) is 2.90. The molecule has 1 aromatic heterocycles. The standard InChI is InChI=1S/C17H23NOS/c1-13(2)10-18-11-15-9-14(3)6-7-17(15)20-12-16-5-4-8-19-16/h4-9,13,18H,10-12H2,1-3H3. The Hall–Kier alpha value is -1.19. The van der Waals surface area contributed by atoms with Gasteiger partial charge in [0, 0.05) is 11.4 Å². The van der Waals surface area contributed by atoms with Crippen molar-refractivity contribution in [3.8, 4) is 0 Å². The predicted octanol–water partition coefficient (Wildman–Crippen LogP) is 4.63. The second-order valence-corrected chi connectivity index (χ2v) is 6.52. The van der Waals surface area contributed by atoms with Crippen LogP contribution in [0.5, 0.6) is 0 Å². The third-order valence-electron chi connectivity index (χ3n) is 3.03. The van der Waals surface area contributed by atoms with Crippen LogP contribution >= 0.6 is 11.8 Å². The maximum atomic E-state index is 5.39. The van der Waals surface area contributed by atoms with E-state index in [1.54, 1.807) is 6.26 Å². The summed E-state index contributed by atoms with van der Waals surface area (Å²) in [5.74, 6) is 2.59. The van der Waals surface area contributed by atoms with Crippen molar-refractivity contribution in [2.45, 2.75) is 38.0 Å². The minimum Gasteiger partial charge on any atom is -0.468 e. The molecule has 0 fully saturated rings. The van der Waals surface area contributed by atoms with Crippen LogP contribution in [0.25, 0.3) is 0 Å². The molecule has 0 atom stereocenters. The number of rotatable bonds is 7. The van der Waals surface area contributed by atoms with Gasteiger partial charge in [0.05, 0.1) is 12.0 Å². The molecule has 2 rings (SSSR count). The van der Waals surface area contributed by atoms with Crippen molar-refractivity contribution in [3.63, 3.8) is 0 Å². The molecular formula is C17H23NOS. The molecule has 108 valence electrons. The quantitative estimate of drug-likeness (QED) is 0.753. The van der Waals surface area contributed by atoms with Crippen LogP contribution < -0.4 is 5.32 Å². The van der Waals surface area contributed by atoms with E-state index in [1.807, 2.05) is 23.9 Å². The summed E-state index contributed by atoms with van der Waals surface area (Å²) in [6.45, 7) is 8.59. The van der Waals surface area contributed by atoms with Crippen LogP contribution in [0.4, 0.5) is 0 Å². The van der Waals surface area contributed by atoms with E-state index < -0.39 is 0 Å². The number of hydrogen-bond acceptors (Lipinski definition) is 3. The lowest BCUT2D eigenvalue weighted by Gasteiger charge is -2.12. The SMILES string of the molecule is Cc1ccc(SCc2ccco2)c(CNCC(C)C)c1. The molecule has 0 saturated carbocycles. The zero-order valence-electron chi connectivity index (χ0n) is 12.5. The zero-order valence-corrected chi connectivity index (χ0v) is 13.3. The number of benzene rings is 1. The maximum absolute atomic E-state index is 5.39. The molecule has 0 saturated heterocycles. The summed E-state index contributed by atoms with van der Waals surface area (Å²) in [5.41, 5.74) is 2.69. The van der Waals surface area contributed by atoms with Crippen molar-refractivity contribution in [3.05, 3.63) is 53.5 Å². The molecule has 2 nitrogen and oxygen atoms in total. The average molecular weight is 289 g/mol. The van der Waals surface area contributed by atoms with Crippen LogP contribution in [-0.2, 0) is 12.3 Å². The highest BCUT2D eigenvalue weighted by molar-refractivity contribution is 7.98. The summed E-state index contributed by atoms with van der Waals surface area (Å²) in [4.78, 5) is 1.34. The van der Waals surface area contributed by atoms with Gasteiger partial charge in [-0.25, -0.2) is 0 Å². The highest BCUT2D eigenvalue weighted by Crippen LogP contribution is 2.27. The first-order valence-corrected chi connectivity index (χ1v) is 8.09. The van der Waals surface area contributed by atoms with Gasteiger partial charge < -0.3 is 9.73 Å². The Labute approximate surface area is 126 Å². The summed E-state index contributed by atoms with van der Waals surface area (Å²) in [6.07, 6.45) is 1.73. The van der Waals surface area contributed by atoms with Crippen molar-refractivity contribution in [1.82, 2.24) is 5.32 Å². The zero-order chi connectivity index (χ0) is 14.4. The van der Waals surface area contributed by atoms with Gasteiger partial charge in [-0.3, -0.25) is 0 Å². The summed E-state index contributed by atoms with van der Waals surface area (Å²) < 4.78 is 5.39. The van der Waals surface area contributed by atoms with Gasteiger partial charge in [0.2, 0.25) is 0 Å². The Morgan fingerprint density at radius 2 is 2.10 bits per heavy atom. The van der Waals surface area contributed by atoms with Crippen molar-refractivity contribution in [1.29, 1.82) is 0 Å². The fourth-order valence-electron chi connectivity index (χ4n) is 2.03. The van der Waals surface area contributed by atoms with Crippen LogP contribution in [-0.4, -0.2) is 6.54 Å². The third kappa shape index (κ3) is 4.73. The molecule has 1 N–H and O–H groups in total. The Morgan fingerprint density at radius 3 is 2.80 bits per heavy atom. The van der Waals surface area contributed by atoms with Crippen molar-refractivity contribution >= 4 is 11.8 Å². The van der Waals surface area contributed by atoms with Gasteiger partial charge in [-0.1, -0.05) is 31.5 Å². The van der Waals surface area contributed by atoms with E-state index in [4.69, 9.17) is 4.42 Å². The molecule has 0 spiro atoms. The number of furan rings is 1. The molecule has 1 heterocycles. The number of nitrogens with one attached hydrogen (secondary N) is 1. The fraction of sp³-hybridized carbons (Fsp3) is 0.412. The first kappa shape index (κ1) is 15.2. The molecule has 3 heteroatoms. The summed E-state index contributed by atoms with van der Waals surface area (Å²) in [6, 6.07) is 10.6. The van der Waals surface area contributed by atoms with Gasteiger partial charge in [-0.05, 0) is 43.1 Å². The first-order chi connectivity index (χ1) is 9.65. The van der Waals surface area contributed by atoms with Gasteiger partial charge in [-0.2, -0.15) is 0 Å². The Kier molecular flexibility index (Phi) is 5.74. The number of aryl methyl sites for hydroxylation is 1. The summed E-state index contributed by atoms with van der Waals surface area (Å²) >= 11 is 1.84. The normalized spacial score (nSPS) is 11.2. The Morgan fingerprint density at radius 1 is 1.25 bits per heavy atom. The van der Waals surface area contributed by atoms with Crippen molar-refractivity contribution < 1.29 is 4.42 Å². The van der Waals surface area contributed by atoms with Gasteiger partial charge >= 0.3 is 0 Å². The molecule has 0 aliphatic rings. The first-order valence-electron chi connectivity index (χ1n) is 7.10. The van der Waals surface area contributed by atoms with E-state index in [-0.39, 0.29) is 0 Å². The topological polar surface area (TPSA) is 25.2 Å². The monoisotopic (exact) mass is 289 g/mol. The second-order valence-electron chi connectivity index (χ2n) is 5.50. The molecule has 1 aromatic carbocycles. The molecular weight excluding hydrogens is 266 g/mol. The van der Waals surface area contributed by atoms with E-state index in [0.29, 0.717) is 5.92 Å². The fourth-order valence-corrected chi connectivity index (χ4v) is 2.97. The van der Waals surface area contributed by atoms with Crippen LogP contribution in [0.3, 0.4) is 0 Å². The van der Waals surface area contributed by atoms with E-state index in [0.717, 1.165) is 24.6 Å². The highest BCUT2D eigenvalue weighted by Gasteiger charge is 2.06. The van der Waals surface area contributed by atoms with Gasteiger partial charge in [-0.15, -0.1) is 11.8 Å². The molecule has 20 heavy (non-hydrogen) atoms.